The zero-order valence-electron chi connectivity index (χ0n) is 9.64. The molecule has 16 heavy (non-hydrogen) atoms. The van der Waals surface area contributed by atoms with Crippen LogP contribution in [0.2, 0.25) is 0 Å². The summed E-state index contributed by atoms with van der Waals surface area (Å²) in [6.07, 6.45) is 7.82. The molecule has 0 saturated carbocycles. The summed E-state index contributed by atoms with van der Waals surface area (Å²) in [7, 11) is 0. The Kier molecular flexibility index (Phi) is 5.68. The lowest BCUT2D eigenvalue weighted by atomic mass is 9.97. The number of rotatable bonds is 6. The molecule has 0 amide bonds. The van der Waals surface area contributed by atoms with E-state index < -0.39 is 0 Å². The summed E-state index contributed by atoms with van der Waals surface area (Å²) >= 11 is 0. The lowest BCUT2D eigenvalue weighted by Gasteiger charge is -2.34. The van der Waals surface area contributed by atoms with E-state index in [4.69, 9.17) is 5.53 Å². The fourth-order valence-corrected chi connectivity index (χ4v) is 2.23. The van der Waals surface area contributed by atoms with Crippen molar-refractivity contribution in [2.24, 2.45) is 0 Å². The van der Waals surface area contributed by atoms with Crippen molar-refractivity contribution in [3.05, 3.63) is 18.2 Å². The number of carbonyl (C=O) groups is 1. The van der Waals surface area contributed by atoms with E-state index in [0.717, 1.165) is 32.1 Å². The summed E-state index contributed by atoms with van der Waals surface area (Å²) in [5.74, 6) is -0.105. The Morgan fingerprint density at radius 3 is 3.06 bits per heavy atom. The van der Waals surface area contributed by atoms with Crippen LogP contribution in [0.25, 0.3) is 5.53 Å². The molecule has 0 N–H and O–H groups in total. The fraction of sp³-hybridized carbons (Fsp3) is 0.667. The molecule has 1 rings (SSSR count). The maximum Gasteiger partial charge on any atom is 0.323 e. The van der Waals surface area contributed by atoms with Crippen LogP contribution in [-0.4, -0.2) is 40.8 Å². The van der Waals surface area contributed by atoms with Crippen LogP contribution >= 0.6 is 0 Å². The molecule has 1 atom stereocenters. The molecule has 0 spiro atoms. The van der Waals surface area contributed by atoms with Gasteiger partial charge in [-0.15, -0.1) is 6.58 Å². The van der Waals surface area contributed by atoms with Gasteiger partial charge in [0.25, 0.3) is 0 Å². The number of ketones is 1. The molecule has 1 heterocycles. The van der Waals surface area contributed by atoms with Gasteiger partial charge >= 0.3 is 6.21 Å². The molecule has 0 unspecified atom stereocenters. The van der Waals surface area contributed by atoms with Crippen LogP contribution in [0.3, 0.4) is 0 Å². The predicted octanol–water partition coefficient (Wildman–Crippen LogP) is 1.68. The van der Waals surface area contributed by atoms with Gasteiger partial charge in [-0.05, 0) is 25.8 Å². The molecule has 1 saturated heterocycles. The van der Waals surface area contributed by atoms with E-state index >= 15 is 0 Å². The lowest BCUT2D eigenvalue weighted by Crippen LogP contribution is -2.39. The van der Waals surface area contributed by atoms with Crippen molar-refractivity contribution < 1.29 is 9.58 Å². The highest BCUT2D eigenvalue weighted by molar-refractivity contribution is 6.25. The first kappa shape index (κ1) is 12.8. The van der Waals surface area contributed by atoms with Gasteiger partial charge in [0, 0.05) is 19.0 Å². The first-order valence-electron chi connectivity index (χ1n) is 5.83. The van der Waals surface area contributed by atoms with E-state index in [-0.39, 0.29) is 5.78 Å². The summed E-state index contributed by atoms with van der Waals surface area (Å²) < 4.78 is 0. The van der Waals surface area contributed by atoms with Crippen molar-refractivity contribution in [3.63, 3.8) is 0 Å². The molecule has 1 aliphatic rings. The standard InChI is InChI=1S/C12H19N3O/c1-2-8-15-9-4-3-5-11(15)6-7-12(16)10-14-13/h2,10-11H,1,3-9H2/t11-/m0/s1. The molecule has 0 aromatic carbocycles. The largest absolute Gasteiger partial charge is 0.361 e. The third kappa shape index (κ3) is 4.09. The number of nitrogens with zero attached hydrogens (tertiary/aromatic N) is 3. The molecule has 0 aliphatic carbocycles. The van der Waals surface area contributed by atoms with Gasteiger partial charge in [0.2, 0.25) is 5.78 Å². The van der Waals surface area contributed by atoms with Crippen molar-refractivity contribution in [1.82, 2.24) is 4.90 Å². The minimum absolute atomic E-state index is 0.105. The number of hydrogen-bond acceptors (Lipinski definition) is 2. The predicted molar refractivity (Wildman–Crippen MR) is 63.3 cm³/mol. The molecule has 88 valence electrons. The highest BCUT2D eigenvalue weighted by Crippen LogP contribution is 2.20. The average Bonchev–Trinajstić information content (AvgIpc) is 2.29. The monoisotopic (exact) mass is 221 g/mol. The molecule has 1 fully saturated rings. The maximum atomic E-state index is 11.2. The van der Waals surface area contributed by atoms with Gasteiger partial charge in [0.15, 0.2) is 0 Å². The SMILES string of the molecule is C=CCN1CCCC[C@H]1CCC(=O)C=[N+]=[N-]. The van der Waals surface area contributed by atoms with Gasteiger partial charge in [0.05, 0.1) is 0 Å². The van der Waals surface area contributed by atoms with Gasteiger partial charge in [-0.25, -0.2) is 0 Å². The molecular formula is C12H19N3O. The Bertz CT molecular complexity index is 295. The molecular weight excluding hydrogens is 202 g/mol. The number of piperidine rings is 1. The lowest BCUT2D eigenvalue weighted by molar-refractivity contribution is -0.116. The average molecular weight is 221 g/mol. The van der Waals surface area contributed by atoms with Crippen molar-refractivity contribution in [2.45, 2.75) is 38.1 Å². The topological polar surface area (TPSA) is 56.7 Å². The third-order valence-electron chi connectivity index (χ3n) is 3.04. The quantitative estimate of drug-likeness (QED) is 0.296. The Hall–Kier alpha value is -1.25. The summed E-state index contributed by atoms with van der Waals surface area (Å²) in [5.41, 5.74) is 8.23. The first-order valence-corrected chi connectivity index (χ1v) is 5.83. The van der Waals surface area contributed by atoms with E-state index in [9.17, 15) is 4.79 Å². The fourth-order valence-electron chi connectivity index (χ4n) is 2.23. The van der Waals surface area contributed by atoms with Crippen LogP contribution in [0.4, 0.5) is 0 Å². The van der Waals surface area contributed by atoms with E-state index in [0.29, 0.717) is 12.5 Å². The highest BCUT2D eigenvalue weighted by Gasteiger charge is 2.21. The van der Waals surface area contributed by atoms with Crippen LogP contribution in [0.15, 0.2) is 12.7 Å². The number of hydrogen-bond donors (Lipinski definition) is 0. The van der Waals surface area contributed by atoms with Crippen LogP contribution in [0.5, 0.6) is 0 Å². The molecule has 4 nitrogen and oxygen atoms in total. The molecule has 0 aromatic rings. The zero-order chi connectivity index (χ0) is 11.8. The van der Waals surface area contributed by atoms with Gasteiger partial charge < -0.3 is 5.53 Å². The second-order valence-corrected chi connectivity index (χ2v) is 4.18. The molecule has 0 radical (unpaired) electrons. The van der Waals surface area contributed by atoms with Gasteiger partial charge in [-0.2, -0.15) is 4.79 Å². The summed E-state index contributed by atoms with van der Waals surface area (Å²) in [6.45, 7) is 5.74. The van der Waals surface area contributed by atoms with E-state index in [2.05, 4.69) is 16.3 Å². The van der Waals surface area contributed by atoms with Crippen LogP contribution in [0, 0.1) is 0 Å². The second-order valence-electron chi connectivity index (χ2n) is 4.18. The van der Waals surface area contributed by atoms with Crippen molar-refractivity contribution in [2.75, 3.05) is 13.1 Å². The Morgan fingerprint density at radius 1 is 1.56 bits per heavy atom. The number of likely N-dealkylation sites (tertiary alicyclic amines) is 1. The van der Waals surface area contributed by atoms with Gasteiger partial charge in [0.1, 0.15) is 0 Å². The van der Waals surface area contributed by atoms with Gasteiger partial charge in [-0.1, -0.05) is 12.5 Å². The minimum Gasteiger partial charge on any atom is -0.361 e. The summed E-state index contributed by atoms with van der Waals surface area (Å²) in [5, 5.41) is 0. The maximum absolute atomic E-state index is 11.2. The summed E-state index contributed by atoms with van der Waals surface area (Å²) in [4.78, 5) is 16.3. The second kappa shape index (κ2) is 7.09. The van der Waals surface area contributed by atoms with Crippen molar-refractivity contribution >= 4 is 12.0 Å². The third-order valence-corrected chi connectivity index (χ3v) is 3.04. The van der Waals surface area contributed by atoms with Crippen molar-refractivity contribution in [1.29, 1.82) is 0 Å². The Labute approximate surface area is 96.6 Å². The molecule has 1 aliphatic heterocycles. The minimum atomic E-state index is -0.105. The number of carbonyl (C=O) groups excluding carboxylic acids is 1. The highest BCUT2D eigenvalue weighted by atomic mass is 16.1. The number of Topliss-reactive ketones (excluding diaryl/α,β-unsaturated/α-hetero) is 1. The van der Waals surface area contributed by atoms with E-state index in [1.165, 1.54) is 12.8 Å². The van der Waals surface area contributed by atoms with Crippen LogP contribution in [0.1, 0.15) is 32.1 Å². The van der Waals surface area contributed by atoms with Crippen molar-refractivity contribution in [3.8, 4) is 0 Å². The Morgan fingerprint density at radius 2 is 2.38 bits per heavy atom. The molecule has 0 aromatic heterocycles. The normalized spacial score (nSPS) is 21.1. The van der Waals surface area contributed by atoms with E-state index in [1.807, 2.05) is 6.08 Å². The summed E-state index contributed by atoms with van der Waals surface area (Å²) in [6, 6.07) is 0.475. The van der Waals surface area contributed by atoms with E-state index in [1.54, 1.807) is 0 Å². The van der Waals surface area contributed by atoms with Gasteiger partial charge in [-0.3, -0.25) is 9.69 Å². The first-order chi connectivity index (χ1) is 7.77. The Balaban J connectivity index is 2.40. The van der Waals surface area contributed by atoms with Crippen LogP contribution in [-0.2, 0) is 4.79 Å². The zero-order valence-corrected chi connectivity index (χ0v) is 9.64. The van der Waals surface area contributed by atoms with Crippen LogP contribution < -0.4 is 0 Å². The smallest absolute Gasteiger partial charge is 0.323 e. The molecule has 0 bridgehead atoms. The molecule has 4 heteroatoms.